The molecular weight excluding hydrogens is 338 g/mol. The van der Waals surface area contributed by atoms with Gasteiger partial charge in [-0.1, -0.05) is 11.6 Å². The van der Waals surface area contributed by atoms with E-state index in [9.17, 15) is 13.2 Å². The molecule has 0 aromatic carbocycles. The molecule has 0 atom stereocenters. The number of halogens is 1. The molecule has 0 amide bonds. The van der Waals surface area contributed by atoms with E-state index in [1.165, 1.54) is 4.31 Å². The summed E-state index contributed by atoms with van der Waals surface area (Å²) in [5.74, 6) is -1.02. The number of carboxylic acid groups (broad SMARTS) is 1. The molecule has 118 valence electrons. The van der Waals surface area contributed by atoms with Gasteiger partial charge in [0, 0.05) is 13.1 Å². The summed E-state index contributed by atoms with van der Waals surface area (Å²) >= 11 is 6.99. The minimum atomic E-state index is -3.52. The molecule has 6 nitrogen and oxygen atoms in total. The number of sulfonamides is 1. The van der Waals surface area contributed by atoms with E-state index in [4.69, 9.17) is 21.4 Å². The fraction of sp³-hybridized carbons (Fsp3) is 0.583. The molecule has 0 unspecified atom stereocenters. The highest BCUT2D eigenvalue weighted by Gasteiger charge is 2.31. The van der Waals surface area contributed by atoms with Crippen LogP contribution in [0, 0.1) is 6.92 Å². The first-order valence-corrected chi connectivity index (χ1v) is 9.03. The summed E-state index contributed by atoms with van der Waals surface area (Å²) in [5, 5.41) is 8.56. The second-order valence-electron chi connectivity index (χ2n) is 4.83. The van der Waals surface area contributed by atoms with Crippen LogP contribution in [0.4, 0.5) is 0 Å². The summed E-state index contributed by atoms with van der Waals surface area (Å²) in [6.07, 6.45) is 0.774. The largest absolute Gasteiger partial charge is 0.480 e. The molecule has 21 heavy (non-hydrogen) atoms. The molecule has 9 heteroatoms. The van der Waals surface area contributed by atoms with E-state index >= 15 is 0 Å². The number of rotatable bonds is 5. The topological polar surface area (TPSA) is 83.9 Å². The molecule has 1 fully saturated rings. The highest BCUT2D eigenvalue weighted by atomic mass is 35.5. The second kappa shape index (κ2) is 6.62. The first-order chi connectivity index (χ1) is 9.80. The summed E-state index contributed by atoms with van der Waals surface area (Å²) in [6.45, 7) is 2.06. The number of aliphatic carboxylic acids is 1. The molecule has 1 aliphatic heterocycles. The van der Waals surface area contributed by atoms with Crippen LogP contribution >= 0.6 is 22.9 Å². The number of hydrogen-bond donors (Lipinski definition) is 1. The number of aryl methyl sites for hydroxylation is 1. The van der Waals surface area contributed by atoms with Gasteiger partial charge in [0.2, 0.25) is 0 Å². The summed E-state index contributed by atoms with van der Waals surface area (Å²) < 4.78 is 32.3. The van der Waals surface area contributed by atoms with Gasteiger partial charge in [-0.15, -0.1) is 11.3 Å². The Bertz CT molecular complexity index is 600. The predicted molar refractivity (Wildman–Crippen MR) is 79.4 cm³/mol. The molecule has 0 bridgehead atoms. The van der Waals surface area contributed by atoms with Gasteiger partial charge in [-0.25, -0.2) is 13.2 Å². The van der Waals surface area contributed by atoms with Gasteiger partial charge in [-0.05, 0) is 31.4 Å². The van der Waals surface area contributed by atoms with Crippen LogP contribution in [0.25, 0.3) is 0 Å². The Balaban J connectivity index is 1.99. The zero-order valence-electron chi connectivity index (χ0n) is 11.4. The van der Waals surface area contributed by atoms with Crippen LogP contribution < -0.4 is 0 Å². The molecule has 1 N–H and O–H groups in total. The molecule has 2 rings (SSSR count). The number of carboxylic acids is 1. The molecule has 2 heterocycles. The van der Waals surface area contributed by atoms with Crippen molar-refractivity contribution in [1.29, 1.82) is 0 Å². The van der Waals surface area contributed by atoms with E-state index in [0.717, 1.165) is 16.9 Å². The highest BCUT2D eigenvalue weighted by Crippen LogP contribution is 2.33. The average molecular weight is 354 g/mol. The summed E-state index contributed by atoms with van der Waals surface area (Å²) in [7, 11) is -3.52. The molecule has 1 saturated heterocycles. The number of hydrogen-bond acceptors (Lipinski definition) is 5. The van der Waals surface area contributed by atoms with Gasteiger partial charge >= 0.3 is 5.97 Å². The van der Waals surface area contributed by atoms with E-state index in [-0.39, 0.29) is 16.9 Å². The maximum Gasteiger partial charge on any atom is 0.329 e. The van der Waals surface area contributed by atoms with Gasteiger partial charge < -0.3 is 9.84 Å². The molecule has 1 aliphatic rings. The minimum absolute atomic E-state index is 0.207. The second-order valence-corrected chi connectivity index (χ2v) is 8.65. The first-order valence-electron chi connectivity index (χ1n) is 6.40. The number of thiophene rings is 1. The van der Waals surface area contributed by atoms with Crippen LogP contribution in [0.1, 0.15) is 18.4 Å². The van der Waals surface area contributed by atoms with Crippen LogP contribution in [-0.4, -0.2) is 49.6 Å². The zero-order valence-corrected chi connectivity index (χ0v) is 13.8. The molecule has 0 radical (unpaired) electrons. The fourth-order valence-corrected chi connectivity index (χ4v) is 5.45. The summed E-state index contributed by atoms with van der Waals surface area (Å²) in [5.41, 5.74) is 0.750. The standard InChI is InChI=1S/C12H16ClNO5S2/c1-8-6-11(20-12(8)13)21(17,18)14-4-2-9(3-5-14)19-7-10(15)16/h6,9H,2-5,7H2,1H3,(H,15,16). The summed E-state index contributed by atoms with van der Waals surface area (Å²) in [6, 6.07) is 1.58. The fourth-order valence-electron chi connectivity index (χ4n) is 2.11. The van der Waals surface area contributed by atoms with Crippen LogP contribution in [0.2, 0.25) is 4.34 Å². The van der Waals surface area contributed by atoms with Crippen molar-refractivity contribution in [2.24, 2.45) is 0 Å². The number of nitrogens with zero attached hydrogens (tertiary/aromatic N) is 1. The maximum absolute atomic E-state index is 12.5. The average Bonchev–Trinajstić information content (AvgIpc) is 2.77. The maximum atomic E-state index is 12.5. The molecule has 0 aliphatic carbocycles. The van der Waals surface area contributed by atoms with E-state index in [2.05, 4.69) is 0 Å². The monoisotopic (exact) mass is 353 g/mol. The van der Waals surface area contributed by atoms with Crippen molar-refractivity contribution in [2.45, 2.75) is 30.1 Å². The third kappa shape index (κ3) is 3.95. The number of piperidine rings is 1. The molecular formula is C12H16ClNO5S2. The zero-order chi connectivity index (χ0) is 15.6. The van der Waals surface area contributed by atoms with Gasteiger partial charge in [0.1, 0.15) is 10.8 Å². The third-order valence-corrected chi connectivity index (χ3v) is 7.18. The normalized spacial score (nSPS) is 18.0. The number of carbonyl (C=O) groups is 1. The molecule has 0 saturated carbocycles. The first kappa shape index (κ1) is 16.7. The SMILES string of the molecule is Cc1cc(S(=O)(=O)N2CCC(OCC(=O)O)CC2)sc1Cl. The number of ether oxygens (including phenoxy) is 1. The molecule has 0 spiro atoms. The Morgan fingerprint density at radius 3 is 2.62 bits per heavy atom. The predicted octanol–water partition coefficient (Wildman–Crippen LogP) is 1.96. The van der Waals surface area contributed by atoms with Crippen molar-refractivity contribution in [2.75, 3.05) is 19.7 Å². The van der Waals surface area contributed by atoms with Crippen LogP contribution in [-0.2, 0) is 19.6 Å². The smallest absolute Gasteiger partial charge is 0.329 e. The molecule has 1 aromatic rings. The van der Waals surface area contributed by atoms with Crippen molar-refractivity contribution >= 4 is 38.9 Å². The lowest BCUT2D eigenvalue weighted by molar-refractivity contribution is -0.145. The Hall–Kier alpha value is -0.670. The lowest BCUT2D eigenvalue weighted by atomic mass is 10.1. The van der Waals surface area contributed by atoms with Gasteiger partial charge in [0.15, 0.2) is 0 Å². The van der Waals surface area contributed by atoms with E-state index in [1.807, 2.05) is 0 Å². The van der Waals surface area contributed by atoms with Gasteiger partial charge in [-0.3, -0.25) is 0 Å². The lowest BCUT2D eigenvalue weighted by Crippen LogP contribution is -2.41. The Morgan fingerprint density at radius 1 is 1.52 bits per heavy atom. The quantitative estimate of drug-likeness (QED) is 0.874. The van der Waals surface area contributed by atoms with Gasteiger partial charge in [0.05, 0.1) is 10.4 Å². The van der Waals surface area contributed by atoms with Crippen molar-refractivity contribution < 1.29 is 23.1 Å². The minimum Gasteiger partial charge on any atom is -0.480 e. The van der Waals surface area contributed by atoms with Crippen LogP contribution in [0.15, 0.2) is 10.3 Å². The van der Waals surface area contributed by atoms with Crippen LogP contribution in [0.3, 0.4) is 0 Å². The van der Waals surface area contributed by atoms with E-state index in [0.29, 0.717) is 30.3 Å². The summed E-state index contributed by atoms with van der Waals surface area (Å²) in [4.78, 5) is 10.4. The Labute approximate surface area is 132 Å². The van der Waals surface area contributed by atoms with E-state index < -0.39 is 16.0 Å². The Morgan fingerprint density at radius 2 is 2.14 bits per heavy atom. The highest BCUT2D eigenvalue weighted by molar-refractivity contribution is 7.91. The van der Waals surface area contributed by atoms with Crippen LogP contribution in [0.5, 0.6) is 0 Å². The van der Waals surface area contributed by atoms with Crippen molar-refractivity contribution in [3.8, 4) is 0 Å². The molecule has 1 aromatic heterocycles. The third-order valence-electron chi connectivity index (χ3n) is 3.27. The lowest BCUT2D eigenvalue weighted by Gasteiger charge is -2.30. The van der Waals surface area contributed by atoms with Gasteiger partial charge in [-0.2, -0.15) is 4.31 Å². The van der Waals surface area contributed by atoms with Crippen molar-refractivity contribution in [1.82, 2.24) is 4.31 Å². The Kier molecular flexibility index (Phi) is 5.26. The van der Waals surface area contributed by atoms with Crippen molar-refractivity contribution in [3.63, 3.8) is 0 Å². The van der Waals surface area contributed by atoms with Gasteiger partial charge in [0.25, 0.3) is 10.0 Å². The van der Waals surface area contributed by atoms with E-state index in [1.54, 1.807) is 13.0 Å². The van der Waals surface area contributed by atoms with Crippen molar-refractivity contribution in [3.05, 3.63) is 16.0 Å².